The van der Waals surface area contributed by atoms with Gasteiger partial charge in [0.2, 0.25) is 5.91 Å². The molecule has 1 aromatic carbocycles. The summed E-state index contributed by atoms with van der Waals surface area (Å²) in [7, 11) is 1.25. The van der Waals surface area contributed by atoms with E-state index in [2.05, 4.69) is 15.3 Å². The maximum absolute atomic E-state index is 13.1. The molecular formula is C19H19F2N5O2S. The SMILES string of the molecule is Cn1c(C(F)F)nc2sc(N3CCC[C@@H]3C(=O)NCc3ccccc3)nc2c1=O. The number of hydrogen-bond acceptors (Lipinski definition) is 6. The van der Waals surface area contributed by atoms with Crippen LogP contribution < -0.4 is 15.8 Å². The zero-order chi connectivity index (χ0) is 20.5. The Hall–Kier alpha value is -2.88. The Morgan fingerprint density at radius 3 is 2.79 bits per heavy atom. The second-order valence-corrected chi connectivity index (χ2v) is 7.80. The van der Waals surface area contributed by atoms with Gasteiger partial charge in [0.05, 0.1) is 0 Å². The van der Waals surface area contributed by atoms with Crippen LogP contribution in [0, 0.1) is 0 Å². The summed E-state index contributed by atoms with van der Waals surface area (Å²) in [4.78, 5) is 35.4. The van der Waals surface area contributed by atoms with Gasteiger partial charge in [0.1, 0.15) is 6.04 Å². The van der Waals surface area contributed by atoms with E-state index in [1.54, 1.807) is 0 Å². The fourth-order valence-corrected chi connectivity index (χ4v) is 4.46. The van der Waals surface area contributed by atoms with Crippen molar-refractivity contribution in [2.24, 2.45) is 7.05 Å². The lowest BCUT2D eigenvalue weighted by molar-refractivity contribution is -0.122. The van der Waals surface area contributed by atoms with E-state index < -0.39 is 23.9 Å². The van der Waals surface area contributed by atoms with Crippen LogP contribution >= 0.6 is 11.3 Å². The summed E-state index contributed by atoms with van der Waals surface area (Å²) in [5, 5.41) is 3.39. The highest BCUT2D eigenvalue weighted by atomic mass is 32.1. The van der Waals surface area contributed by atoms with E-state index in [9.17, 15) is 18.4 Å². The fraction of sp³-hybridized carbons (Fsp3) is 0.368. The van der Waals surface area contributed by atoms with Crippen LogP contribution in [-0.2, 0) is 18.4 Å². The summed E-state index contributed by atoms with van der Waals surface area (Å²) in [5.41, 5.74) is 0.432. The maximum Gasteiger partial charge on any atom is 0.295 e. The highest BCUT2D eigenvalue weighted by Gasteiger charge is 2.33. The van der Waals surface area contributed by atoms with Crippen molar-refractivity contribution in [2.45, 2.75) is 31.9 Å². The average Bonchev–Trinajstić information content (AvgIpc) is 3.36. The molecule has 0 aliphatic carbocycles. The van der Waals surface area contributed by atoms with E-state index in [0.717, 1.165) is 27.9 Å². The number of carbonyl (C=O) groups is 1. The topological polar surface area (TPSA) is 80.1 Å². The fourth-order valence-electron chi connectivity index (χ4n) is 3.45. The number of nitrogens with one attached hydrogen (secondary N) is 1. The lowest BCUT2D eigenvalue weighted by Crippen LogP contribution is -2.43. The van der Waals surface area contributed by atoms with Crippen molar-refractivity contribution >= 4 is 32.7 Å². The van der Waals surface area contributed by atoms with Crippen molar-refractivity contribution in [3.63, 3.8) is 0 Å². The van der Waals surface area contributed by atoms with Crippen molar-refractivity contribution in [2.75, 3.05) is 11.4 Å². The number of nitrogens with zero attached hydrogens (tertiary/aromatic N) is 4. The Balaban J connectivity index is 1.58. The third-order valence-electron chi connectivity index (χ3n) is 4.97. The van der Waals surface area contributed by atoms with Gasteiger partial charge in [-0.25, -0.2) is 18.7 Å². The molecule has 3 aromatic rings. The molecule has 1 aliphatic heterocycles. The van der Waals surface area contributed by atoms with Crippen LogP contribution in [0.25, 0.3) is 10.3 Å². The molecule has 29 heavy (non-hydrogen) atoms. The molecule has 0 radical (unpaired) electrons. The number of benzene rings is 1. The highest BCUT2D eigenvalue weighted by Crippen LogP contribution is 2.32. The largest absolute Gasteiger partial charge is 0.350 e. The minimum Gasteiger partial charge on any atom is -0.350 e. The first-order valence-corrected chi connectivity index (χ1v) is 10.0. The number of anilines is 1. The molecule has 0 bridgehead atoms. The first kappa shape index (κ1) is 19.4. The number of fused-ring (bicyclic) bond motifs is 1. The number of aromatic nitrogens is 3. The predicted molar refractivity (Wildman–Crippen MR) is 106 cm³/mol. The van der Waals surface area contributed by atoms with E-state index >= 15 is 0 Å². The maximum atomic E-state index is 13.1. The summed E-state index contributed by atoms with van der Waals surface area (Å²) >= 11 is 1.06. The quantitative estimate of drug-likeness (QED) is 0.688. The summed E-state index contributed by atoms with van der Waals surface area (Å²) in [5.74, 6) is -0.712. The first-order valence-electron chi connectivity index (χ1n) is 9.19. The van der Waals surface area contributed by atoms with Crippen molar-refractivity contribution < 1.29 is 13.6 Å². The molecule has 1 saturated heterocycles. The molecule has 3 heterocycles. The third kappa shape index (κ3) is 3.71. The number of thiazole rings is 1. The van der Waals surface area contributed by atoms with Crippen molar-refractivity contribution in [3.8, 4) is 0 Å². The molecule has 0 unspecified atom stereocenters. The van der Waals surface area contributed by atoms with Gasteiger partial charge in [0.15, 0.2) is 21.3 Å². The molecular weight excluding hydrogens is 400 g/mol. The summed E-state index contributed by atoms with van der Waals surface area (Å²) in [6.45, 7) is 1.02. The van der Waals surface area contributed by atoms with Gasteiger partial charge in [-0.05, 0) is 18.4 Å². The second kappa shape index (κ2) is 7.86. The number of rotatable bonds is 5. The minimum absolute atomic E-state index is 0.0484. The van der Waals surface area contributed by atoms with Crippen LogP contribution in [0.4, 0.5) is 13.9 Å². The Labute approximate surface area is 169 Å². The predicted octanol–water partition coefficient (Wildman–Crippen LogP) is 2.61. The van der Waals surface area contributed by atoms with Gasteiger partial charge in [0, 0.05) is 20.1 Å². The number of alkyl halides is 2. The summed E-state index contributed by atoms with van der Waals surface area (Å²) < 4.78 is 27.1. The molecule has 7 nitrogen and oxygen atoms in total. The van der Waals surface area contributed by atoms with Gasteiger partial charge in [-0.3, -0.25) is 14.2 Å². The molecule has 152 valence electrons. The molecule has 2 aromatic heterocycles. The van der Waals surface area contributed by atoms with E-state index in [1.807, 2.05) is 35.2 Å². The molecule has 1 amide bonds. The third-order valence-corrected chi connectivity index (χ3v) is 5.96. The van der Waals surface area contributed by atoms with Crippen molar-refractivity contribution in [3.05, 3.63) is 52.1 Å². The Bertz CT molecular complexity index is 1100. The van der Waals surface area contributed by atoms with E-state index in [0.29, 0.717) is 24.6 Å². The zero-order valence-corrected chi connectivity index (χ0v) is 16.5. The Morgan fingerprint density at radius 1 is 1.31 bits per heavy atom. The summed E-state index contributed by atoms with van der Waals surface area (Å²) in [6.07, 6.45) is -1.40. The average molecular weight is 419 g/mol. The minimum atomic E-state index is -2.86. The number of amides is 1. The van der Waals surface area contributed by atoms with E-state index in [1.165, 1.54) is 7.05 Å². The lowest BCUT2D eigenvalue weighted by Gasteiger charge is -2.23. The number of carbonyl (C=O) groups excluding carboxylic acids is 1. The van der Waals surface area contributed by atoms with Crippen LogP contribution in [-0.4, -0.2) is 33.0 Å². The lowest BCUT2D eigenvalue weighted by atomic mass is 10.2. The van der Waals surface area contributed by atoms with E-state index in [4.69, 9.17) is 0 Å². The van der Waals surface area contributed by atoms with Crippen LogP contribution in [0.1, 0.15) is 30.7 Å². The van der Waals surface area contributed by atoms with Crippen LogP contribution in [0.3, 0.4) is 0 Å². The number of halogens is 2. The Kier molecular flexibility index (Phi) is 5.27. The zero-order valence-electron chi connectivity index (χ0n) is 15.6. The van der Waals surface area contributed by atoms with Gasteiger partial charge < -0.3 is 10.2 Å². The molecule has 1 aliphatic rings. The van der Waals surface area contributed by atoms with Gasteiger partial charge in [0.25, 0.3) is 12.0 Å². The van der Waals surface area contributed by atoms with Gasteiger partial charge >= 0.3 is 0 Å². The molecule has 1 fully saturated rings. The van der Waals surface area contributed by atoms with Crippen molar-refractivity contribution in [1.82, 2.24) is 19.9 Å². The molecule has 1 N–H and O–H groups in total. The first-order chi connectivity index (χ1) is 14.0. The molecule has 4 rings (SSSR count). The second-order valence-electron chi connectivity index (χ2n) is 6.84. The smallest absolute Gasteiger partial charge is 0.295 e. The van der Waals surface area contributed by atoms with E-state index in [-0.39, 0.29) is 16.3 Å². The summed E-state index contributed by atoms with van der Waals surface area (Å²) in [6, 6.07) is 9.18. The highest BCUT2D eigenvalue weighted by molar-refractivity contribution is 7.21. The van der Waals surface area contributed by atoms with Crippen LogP contribution in [0.2, 0.25) is 0 Å². The van der Waals surface area contributed by atoms with Crippen LogP contribution in [0.5, 0.6) is 0 Å². The van der Waals surface area contributed by atoms with Gasteiger partial charge in [-0.2, -0.15) is 0 Å². The molecule has 10 heteroatoms. The Morgan fingerprint density at radius 2 is 2.07 bits per heavy atom. The molecule has 1 atom stereocenters. The normalized spacial score (nSPS) is 16.7. The van der Waals surface area contributed by atoms with Crippen molar-refractivity contribution in [1.29, 1.82) is 0 Å². The van der Waals surface area contributed by atoms with Crippen LogP contribution in [0.15, 0.2) is 35.1 Å². The van der Waals surface area contributed by atoms with Gasteiger partial charge in [-0.1, -0.05) is 41.7 Å². The standard InChI is InChI=1S/C19H19F2N5O2S/c1-25-15(14(20)21)24-17-13(18(25)28)23-19(29-17)26-9-5-8-12(26)16(27)22-10-11-6-3-2-4-7-11/h2-4,6-7,12,14H,5,8-10H2,1H3,(H,22,27)/t12-/m1/s1. The number of hydrogen-bond donors (Lipinski definition) is 1. The van der Waals surface area contributed by atoms with Gasteiger partial charge in [-0.15, -0.1) is 0 Å². The molecule has 0 spiro atoms. The molecule has 0 saturated carbocycles. The monoisotopic (exact) mass is 419 g/mol.